The fourth-order valence-corrected chi connectivity index (χ4v) is 3.79. The molecule has 0 saturated heterocycles. The molecule has 0 aromatic heterocycles. The zero-order chi connectivity index (χ0) is 28.4. The number of nitrogens with two attached hydrogens (primary N) is 1. The Morgan fingerprint density at radius 3 is 2.38 bits per heavy atom. The molecule has 0 fully saturated rings. The van der Waals surface area contributed by atoms with Gasteiger partial charge in [0.15, 0.2) is 5.78 Å². The molecule has 3 rings (SSSR count). The molecule has 2 amide bonds. The number of nitrogen functional groups attached to an aromatic ring is 1. The second-order valence-electron chi connectivity index (χ2n) is 9.42. The van der Waals surface area contributed by atoms with Crippen molar-refractivity contribution in [3.05, 3.63) is 96.1 Å². The van der Waals surface area contributed by atoms with Gasteiger partial charge in [0, 0.05) is 16.7 Å². The summed E-state index contributed by atoms with van der Waals surface area (Å²) in [7, 11) is 0. The van der Waals surface area contributed by atoms with Crippen LogP contribution in [0.5, 0.6) is 5.75 Å². The molecule has 39 heavy (non-hydrogen) atoms. The van der Waals surface area contributed by atoms with Crippen LogP contribution in [0.1, 0.15) is 42.8 Å². The summed E-state index contributed by atoms with van der Waals surface area (Å²) in [6.45, 7) is 5.08. The zero-order valence-electron chi connectivity index (χ0n) is 22.1. The number of nitrogens with one attached hydrogen (secondary N) is 2. The molecule has 0 heterocycles. The molecule has 0 radical (unpaired) electrons. The number of carbonyl (C=O) groups is 3. The number of benzene rings is 3. The number of anilines is 3. The number of ether oxygens (including phenoxy) is 2. The van der Waals surface area contributed by atoms with Gasteiger partial charge in [-0.05, 0) is 67.1 Å². The van der Waals surface area contributed by atoms with Gasteiger partial charge in [-0.2, -0.15) is 0 Å². The summed E-state index contributed by atoms with van der Waals surface area (Å²) in [5, 5.41) is 14.5. The number of amides is 2. The number of aliphatic hydroxyl groups excluding tert-OH is 1. The maximum absolute atomic E-state index is 13.0. The highest BCUT2D eigenvalue weighted by atomic mass is 16.6. The fourth-order valence-electron chi connectivity index (χ4n) is 3.79. The van der Waals surface area contributed by atoms with Gasteiger partial charge in [0.1, 0.15) is 18.5 Å². The van der Waals surface area contributed by atoms with Crippen LogP contribution in [0.3, 0.4) is 0 Å². The first kappa shape index (κ1) is 28.9. The number of hydrogen-bond donors (Lipinski definition) is 4. The van der Waals surface area contributed by atoms with Crippen molar-refractivity contribution in [2.75, 3.05) is 29.6 Å². The van der Waals surface area contributed by atoms with E-state index < -0.39 is 23.5 Å². The van der Waals surface area contributed by atoms with E-state index in [2.05, 4.69) is 10.6 Å². The summed E-state index contributed by atoms with van der Waals surface area (Å²) < 4.78 is 11.4. The van der Waals surface area contributed by atoms with Gasteiger partial charge in [-0.15, -0.1) is 0 Å². The van der Waals surface area contributed by atoms with Crippen molar-refractivity contribution in [2.45, 2.75) is 26.9 Å². The van der Waals surface area contributed by atoms with Gasteiger partial charge in [0.25, 0.3) is 0 Å². The molecular formula is C30H33N3O6. The van der Waals surface area contributed by atoms with Crippen molar-refractivity contribution in [1.82, 2.24) is 0 Å². The third-order valence-corrected chi connectivity index (χ3v) is 5.84. The first-order valence-electron chi connectivity index (χ1n) is 12.4. The van der Waals surface area contributed by atoms with Crippen LogP contribution in [0, 0.1) is 5.41 Å². The molecule has 0 aliphatic rings. The lowest BCUT2D eigenvalue weighted by Gasteiger charge is -2.32. The molecule has 0 unspecified atom stereocenters. The van der Waals surface area contributed by atoms with Gasteiger partial charge >= 0.3 is 6.09 Å². The van der Waals surface area contributed by atoms with Crippen LogP contribution in [-0.4, -0.2) is 36.1 Å². The predicted octanol–water partition coefficient (Wildman–Crippen LogP) is 5.35. The molecule has 5 N–H and O–H groups in total. The summed E-state index contributed by atoms with van der Waals surface area (Å²) in [6, 6.07) is 20.4. The molecule has 9 nitrogen and oxygen atoms in total. The number of ketones is 1. The molecule has 0 spiro atoms. The van der Waals surface area contributed by atoms with Gasteiger partial charge in [-0.3, -0.25) is 14.9 Å². The third-order valence-electron chi connectivity index (χ3n) is 5.84. The minimum Gasteiger partial charge on any atom is -0.491 e. The third kappa shape index (κ3) is 8.44. The van der Waals surface area contributed by atoms with E-state index in [0.717, 1.165) is 0 Å². The maximum Gasteiger partial charge on any atom is 0.412 e. The second kappa shape index (κ2) is 13.3. The van der Waals surface area contributed by atoms with Crippen molar-refractivity contribution in [3.63, 3.8) is 0 Å². The normalized spacial score (nSPS) is 12.0. The van der Waals surface area contributed by atoms with Gasteiger partial charge in [-0.1, -0.05) is 44.2 Å². The Balaban J connectivity index is 1.83. The van der Waals surface area contributed by atoms with Crippen LogP contribution in [-0.2, 0) is 9.53 Å². The Labute approximate surface area is 227 Å². The number of Topliss-reactive ketones (excluding diaryl/α,β-unsaturated/α-hetero) is 1. The Kier molecular flexibility index (Phi) is 9.83. The smallest absolute Gasteiger partial charge is 0.412 e. The molecule has 3 aromatic carbocycles. The van der Waals surface area contributed by atoms with Crippen molar-refractivity contribution in [1.29, 1.82) is 0 Å². The predicted molar refractivity (Wildman–Crippen MR) is 151 cm³/mol. The molecule has 0 aliphatic heterocycles. The van der Waals surface area contributed by atoms with Crippen LogP contribution < -0.4 is 21.1 Å². The summed E-state index contributed by atoms with van der Waals surface area (Å²) in [4.78, 5) is 37.1. The standard InChI is InChI=1S/C30H33N3O6/c1-20(35)21-11-13-23(14-12-21)32-29(37)39-28(22-7-6-8-24(19-22)38-18-17-34)30(2,3)16-15-27(36)33-26-10-5-4-9-25(26)31/h4-16,19,28,34H,17-18,31H2,1-3H3,(H,32,37)(H,33,36)/b16-15+/t28-/m0/s1. The van der Waals surface area contributed by atoms with E-state index in [1.54, 1.807) is 78.9 Å². The molecule has 1 atom stereocenters. The average Bonchev–Trinajstić information content (AvgIpc) is 2.91. The Morgan fingerprint density at radius 2 is 1.72 bits per heavy atom. The topological polar surface area (TPSA) is 140 Å². The first-order valence-corrected chi connectivity index (χ1v) is 12.4. The molecule has 0 saturated carbocycles. The average molecular weight is 532 g/mol. The van der Waals surface area contributed by atoms with Gasteiger partial charge in [0.2, 0.25) is 5.91 Å². The monoisotopic (exact) mass is 531 g/mol. The number of para-hydroxylation sites is 2. The van der Waals surface area contributed by atoms with Crippen LogP contribution in [0.4, 0.5) is 21.9 Å². The molecule has 9 heteroatoms. The largest absolute Gasteiger partial charge is 0.491 e. The van der Waals surface area contributed by atoms with E-state index in [4.69, 9.17) is 20.3 Å². The van der Waals surface area contributed by atoms with Crippen LogP contribution >= 0.6 is 0 Å². The van der Waals surface area contributed by atoms with Crippen molar-refractivity contribution < 1.29 is 29.0 Å². The van der Waals surface area contributed by atoms with Crippen LogP contribution in [0.15, 0.2) is 84.9 Å². The number of hydrogen-bond acceptors (Lipinski definition) is 7. The fraction of sp³-hybridized carbons (Fsp3) is 0.233. The molecule has 3 aromatic rings. The highest BCUT2D eigenvalue weighted by Crippen LogP contribution is 2.39. The SMILES string of the molecule is CC(=O)c1ccc(NC(=O)O[C@@H](c2cccc(OCCO)c2)C(C)(C)/C=C/C(=O)Nc2ccccc2N)cc1. The zero-order valence-corrected chi connectivity index (χ0v) is 22.1. The maximum atomic E-state index is 13.0. The van der Waals surface area contributed by atoms with E-state index in [9.17, 15) is 14.4 Å². The highest BCUT2D eigenvalue weighted by molar-refractivity contribution is 6.01. The minimum atomic E-state index is -0.856. The Hall–Kier alpha value is -4.63. The van der Waals surface area contributed by atoms with Crippen molar-refractivity contribution in [2.24, 2.45) is 5.41 Å². The van der Waals surface area contributed by atoms with Crippen molar-refractivity contribution >= 4 is 34.8 Å². The lowest BCUT2D eigenvalue weighted by molar-refractivity contribution is -0.112. The van der Waals surface area contributed by atoms with Gasteiger partial charge < -0.3 is 25.6 Å². The van der Waals surface area contributed by atoms with Crippen molar-refractivity contribution in [3.8, 4) is 5.75 Å². The molecule has 204 valence electrons. The first-order chi connectivity index (χ1) is 18.6. The Morgan fingerprint density at radius 1 is 1.00 bits per heavy atom. The van der Waals surface area contributed by atoms with Gasteiger partial charge in [0.05, 0.1) is 18.0 Å². The minimum absolute atomic E-state index is 0.0833. The number of aliphatic hydroxyl groups is 1. The lowest BCUT2D eigenvalue weighted by atomic mass is 9.82. The highest BCUT2D eigenvalue weighted by Gasteiger charge is 2.33. The van der Waals surface area contributed by atoms with Crippen LogP contribution in [0.2, 0.25) is 0 Å². The van der Waals surface area contributed by atoms with E-state index in [-0.39, 0.29) is 19.0 Å². The molecular weight excluding hydrogens is 498 g/mol. The number of carbonyl (C=O) groups excluding carboxylic acids is 3. The van der Waals surface area contributed by atoms with E-state index in [1.165, 1.54) is 13.0 Å². The van der Waals surface area contributed by atoms with Crippen LogP contribution in [0.25, 0.3) is 0 Å². The summed E-state index contributed by atoms with van der Waals surface area (Å²) in [6.07, 6.45) is 1.47. The second-order valence-corrected chi connectivity index (χ2v) is 9.42. The quantitative estimate of drug-likeness (QED) is 0.148. The summed E-state index contributed by atoms with van der Waals surface area (Å²) in [5.41, 5.74) is 7.58. The summed E-state index contributed by atoms with van der Waals surface area (Å²) >= 11 is 0. The lowest BCUT2D eigenvalue weighted by Crippen LogP contribution is -2.28. The van der Waals surface area contributed by atoms with Gasteiger partial charge in [-0.25, -0.2) is 4.79 Å². The molecule has 0 bridgehead atoms. The Bertz CT molecular complexity index is 1330. The molecule has 0 aliphatic carbocycles. The number of rotatable bonds is 11. The van der Waals surface area contributed by atoms with E-state index >= 15 is 0 Å². The van der Waals surface area contributed by atoms with E-state index in [0.29, 0.717) is 33.9 Å². The van der Waals surface area contributed by atoms with E-state index in [1.807, 2.05) is 13.8 Å². The summed E-state index contributed by atoms with van der Waals surface area (Å²) in [5.74, 6) is 0.0160.